The van der Waals surface area contributed by atoms with E-state index in [1.807, 2.05) is 0 Å². The molecule has 148 valence electrons. The lowest BCUT2D eigenvalue weighted by Gasteiger charge is -2.21. The highest BCUT2D eigenvalue weighted by Gasteiger charge is 2.21. The first-order chi connectivity index (χ1) is 13.9. The van der Waals surface area contributed by atoms with Crippen LogP contribution >= 0.6 is 11.6 Å². The van der Waals surface area contributed by atoms with Gasteiger partial charge in [-0.1, -0.05) is 29.8 Å². The Kier molecular flexibility index (Phi) is 6.24. The van der Waals surface area contributed by atoms with Crippen LogP contribution in [0.2, 0.25) is 5.02 Å². The average Bonchev–Trinajstić information content (AvgIpc) is 2.72. The van der Waals surface area contributed by atoms with Crippen molar-refractivity contribution in [3.05, 3.63) is 94.0 Å². The fraction of sp³-hybridized carbons (Fsp3) is 0.136. The number of carbonyl (C=O) groups excluding carboxylic acids is 2. The van der Waals surface area contributed by atoms with Crippen molar-refractivity contribution in [2.45, 2.75) is 13.5 Å². The molecule has 0 aliphatic carbocycles. The van der Waals surface area contributed by atoms with E-state index in [0.29, 0.717) is 16.8 Å². The van der Waals surface area contributed by atoms with E-state index in [9.17, 15) is 14.0 Å². The highest BCUT2D eigenvalue weighted by molar-refractivity contribution is 6.31. The second kappa shape index (κ2) is 8.84. The largest absolute Gasteiger partial charge is 0.337 e. The standard InChI is InChI=1S/C22H19ClFN3O2/c1-14-5-3-6-16(20(14)26-21(28)15-9-11-25-12-10-15)22(29)27(2)13-17-18(23)7-4-8-19(17)24/h3-12H,13H2,1-2H3,(H,26,28). The van der Waals surface area contributed by atoms with Crippen LogP contribution in [0.4, 0.5) is 10.1 Å². The van der Waals surface area contributed by atoms with Gasteiger partial charge in [-0.3, -0.25) is 14.6 Å². The van der Waals surface area contributed by atoms with Gasteiger partial charge < -0.3 is 10.2 Å². The highest BCUT2D eigenvalue weighted by Crippen LogP contribution is 2.25. The number of anilines is 1. The number of para-hydroxylation sites is 1. The Morgan fingerprint density at radius 1 is 1.10 bits per heavy atom. The van der Waals surface area contributed by atoms with Crippen LogP contribution in [0.25, 0.3) is 0 Å². The van der Waals surface area contributed by atoms with Gasteiger partial charge in [0, 0.05) is 42.1 Å². The van der Waals surface area contributed by atoms with E-state index in [1.54, 1.807) is 50.4 Å². The van der Waals surface area contributed by atoms with Gasteiger partial charge in [0.1, 0.15) is 5.82 Å². The maximum Gasteiger partial charge on any atom is 0.256 e. The lowest BCUT2D eigenvalue weighted by atomic mass is 10.1. The minimum absolute atomic E-state index is 0.00395. The van der Waals surface area contributed by atoms with Crippen LogP contribution in [0.5, 0.6) is 0 Å². The molecular weight excluding hydrogens is 393 g/mol. The molecule has 0 aliphatic rings. The molecule has 0 bridgehead atoms. The first-order valence-corrected chi connectivity index (χ1v) is 9.25. The Hall–Kier alpha value is -3.25. The molecule has 0 saturated heterocycles. The predicted octanol–water partition coefficient (Wildman–Crippen LogP) is 4.71. The van der Waals surface area contributed by atoms with E-state index in [4.69, 9.17) is 11.6 Å². The smallest absolute Gasteiger partial charge is 0.256 e. The molecule has 0 aliphatic heterocycles. The number of hydrogen-bond donors (Lipinski definition) is 1. The van der Waals surface area contributed by atoms with E-state index in [0.717, 1.165) is 5.56 Å². The van der Waals surface area contributed by atoms with E-state index in [2.05, 4.69) is 10.3 Å². The number of nitrogens with one attached hydrogen (secondary N) is 1. The van der Waals surface area contributed by atoms with Gasteiger partial charge in [-0.15, -0.1) is 0 Å². The molecule has 29 heavy (non-hydrogen) atoms. The van der Waals surface area contributed by atoms with Gasteiger partial charge in [0.15, 0.2) is 0 Å². The summed E-state index contributed by atoms with van der Waals surface area (Å²) in [5.41, 5.74) is 2.11. The summed E-state index contributed by atoms with van der Waals surface area (Å²) in [5, 5.41) is 3.05. The lowest BCUT2D eigenvalue weighted by Crippen LogP contribution is -2.28. The van der Waals surface area contributed by atoms with E-state index < -0.39 is 5.82 Å². The van der Waals surface area contributed by atoms with Gasteiger partial charge >= 0.3 is 0 Å². The van der Waals surface area contributed by atoms with Gasteiger partial charge in [0.2, 0.25) is 0 Å². The molecular formula is C22H19ClFN3O2. The third-order valence-corrected chi connectivity index (χ3v) is 4.84. The Labute approximate surface area is 173 Å². The lowest BCUT2D eigenvalue weighted by molar-refractivity contribution is 0.0785. The molecule has 3 aromatic rings. The summed E-state index contributed by atoms with van der Waals surface area (Å²) >= 11 is 6.08. The van der Waals surface area contributed by atoms with Crippen molar-refractivity contribution in [2.75, 3.05) is 12.4 Å². The fourth-order valence-electron chi connectivity index (χ4n) is 2.90. The van der Waals surface area contributed by atoms with Gasteiger partial charge in [-0.05, 0) is 42.8 Å². The van der Waals surface area contributed by atoms with Crippen molar-refractivity contribution in [1.29, 1.82) is 0 Å². The number of benzene rings is 2. The van der Waals surface area contributed by atoms with Crippen LogP contribution in [-0.2, 0) is 6.54 Å². The monoisotopic (exact) mass is 411 g/mol. The van der Waals surface area contributed by atoms with Crippen molar-refractivity contribution in [3.8, 4) is 0 Å². The van der Waals surface area contributed by atoms with Gasteiger partial charge in [-0.25, -0.2) is 4.39 Å². The normalized spacial score (nSPS) is 10.5. The van der Waals surface area contributed by atoms with Crippen molar-refractivity contribution in [3.63, 3.8) is 0 Å². The molecule has 0 radical (unpaired) electrons. The number of nitrogens with zero attached hydrogens (tertiary/aromatic N) is 2. The molecule has 2 amide bonds. The zero-order valence-electron chi connectivity index (χ0n) is 15.9. The predicted molar refractivity (Wildman–Crippen MR) is 111 cm³/mol. The van der Waals surface area contributed by atoms with Crippen LogP contribution in [-0.4, -0.2) is 28.7 Å². The first kappa shape index (κ1) is 20.5. The van der Waals surface area contributed by atoms with E-state index in [-0.39, 0.29) is 28.9 Å². The molecule has 3 rings (SSSR count). The second-order valence-corrected chi connectivity index (χ2v) is 6.96. The minimum atomic E-state index is -0.479. The summed E-state index contributed by atoms with van der Waals surface area (Å²) < 4.78 is 14.1. The quantitative estimate of drug-likeness (QED) is 0.661. The molecule has 0 unspecified atom stereocenters. The van der Waals surface area contributed by atoms with Crippen molar-refractivity contribution < 1.29 is 14.0 Å². The third-order valence-electron chi connectivity index (χ3n) is 4.49. The molecule has 1 aromatic heterocycles. The third kappa shape index (κ3) is 4.60. The van der Waals surface area contributed by atoms with Gasteiger partial charge in [0.25, 0.3) is 11.8 Å². The highest BCUT2D eigenvalue weighted by atomic mass is 35.5. The SMILES string of the molecule is Cc1cccc(C(=O)N(C)Cc2c(F)cccc2Cl)c1NC(=O)c1ccncc1. The molecule has 0 spiro atoms. The molecule has 7 heteroatoms. The number of aromatic nitrogens is 1. The van der Waals surface area contributed by atoms with Crippen LogP contribution < -0.4 is 5.32 Å². The second-order valence-electron chi connectivity index (χ2n) is 6.55. The van der Waals surface area contributed by atoms with Crippen LogP contribution in [0, 0.1) is 12.7 Å². The Balaban J connectivity index is 1.87. The number of hydrogen-bond acceptors (Lipinski definition) is 3. The molecule has 2 aromatic carbocycles. The first-order valence-electron chi connectivity index (χ1n) is 8.88. The number of halogens is 2. The number of carbonyl (C=O) groups is 2. The van der Waals surface area contributed by atoms with Crippen LogP contribution in [0.15, 0.2) is 60.9 Å². The number of amides is 2. The number of aryl methyl sites for hydroxylation is 1. The average molecular weight is 412 g/mol. The summed E-state index contributed by atoms with van der Waals surface area (Å²) in [7, 11) is 1.56. The Morgan fingerprint density at radius 2 is 1.79 bits per heavy atom. The summed E-state index contributed by atoms with van der Waals surface area (Å²) in [5.74, 6) is -1.19. The van der Waals surface area contributed by atoms with Crippen LogP contribution in [0.3, 0.4) is 0 Å². The Morgan fingerprint density at radius 3 is 2.48 bits per heavy atom. The molecule has 0 fully saturated rings. The number of rotatable bonds is 5. The van der Waals surface area contributed by atoms with Crippen LogP contribution in [0.1, 0.15) is 31.8 Å². The van der Waals surface area contributed by atoms with Crippen molar-refractivity contribution >= 4 is 29.1 Å². The van der Waals surface area contributed by atoms with E-state index in [1.165, 1.54) is 29.4 Å². The summed E-state index contributed by atoms with van der Waals surface area (Å²) in [6.07, 6.45) is 3.04. The Bertz CT molecular complexity index is 1040. The maximum atomic E-state index is 14.1. The summed E-state index contributed by atoms with van der Waals surface area (Å²) in [6, 6.07) is 12.7. The maximum absolute atomic E-state index is 14.1. The fourth-order valence-corrected chi connectivity index (χ4v) is 3.12. The molecule has 0 saturated carbocycles. The minimum Gasteiger partial charge on any atom is -0.337 e. The van der Waals surface area contributed by atoms with Crippen molar-refractivity contribution in [2.24, 2.45) is 0 Å². The van der Waals surface area contributed by atoms with Gasteiger partial charge in [-0.2, -0.15) is 0 Å². The molecule has 1 N–H and O–H groups in total. The zero-order valence-corrected chi connectivity index (χ0v) is 16.7. The molecule has 5 nitrogen and oxygen atoms in total. The number of pyridine rings is 1. The topological polar surface area (TPSA) is 62.3 Å². The van der Waals surface area contributed by atoms with Crippen molar-refractivity contribution in [1.82, 2.24) is 9.88 Å². The zero-order chi connectivity index (χ0) is 21.0. The summed E-state index contributed by atoms with van der Waals surface area (Å²) in [4.78, 5) is 30.9. The van der Waals surface area contributed by atoms with E-state index >= 15 is 0 Å². The van der Waals surface area contributed by atoms with Gasteiger partial charge in [0.05, 0.1) is 11.3 Å². The molecule has 1 heterocycles. The summed E-state index contributed by atoms with van der Waals surface area (Å²) in [6.45, 7) is 1.79. The molecule has 0 atom stereocenters.